The molecular weight excluding hydrogens is 701 g/mol. The van der Waals surface area contributed by atoms with Crippen molar-refractivity contribution in [2.24, 2.45) is 0 Å². The highest BCUT2D eigenvalue weighted by atomic mass is 16.3. The second-order valence-electron chi connectivity index (χ2n) is 12.9. The van der Waals surface area contributed by atoms with Gasteiger partial charge in [-0.1, -0.05) is 133 Å². The predicted molar refractivity (Wildman–Crippen MR) is 231 cm³/mol. The van der Waals surface area contributed by atoms with E-state index in [9.17, 15) is 8.22 Å². The van der Waals surface area contributed by atoms with Crippen molar-refractivity contribution in [1.82, 2.24) is 15.0 Å². The van der Waals surface area contributed by atoms with Crippen molar-refractivity contribution in [2.75, 3.05) is 4.90 Å². The lowest BCUT2D eigenvalue weighted by Gasteiger charge is -2.25. The number of furan rings is 2. The summed E-state index contributed by atoms with van der Waals surface area (Å²) in [4.78, 5) is 15.8. The Kier molecular flexibility index (Phi) is 4.90. The van der Waals surface area contributed by atoms with Gasteiger partial charge in [-0.15, -0.1) is 0 Å². The second-order valence-corrected chi connectivity index (χ2v) is 12.9. The molecule has 268 valence electrons. The van der Waals surface area contributed by atoms with Gasteiger partial charge < -0.3 is 13.7 Å². The number of benzene rings is 8. The van der Waals surface area contributed by atoms with Crippen molar-refractivity contribution >= 4 is 60.9 Å². The summed E-state index contributed by atoms with van der Waals surface area (Å²) in [7, 11) is 0. The normalized spacial score (nSPS) is 15.2. The molecule has 0 atom stereocenters. The van der Waals surface area contributed by atoms with Crippen LogP contribution in [-0.4, -0.2) is 15.0 Å². The molecule has 8 aromatic carbocycles. The fourth-order valence-corrected chi connectivity index (χ4v) is 6.83. The fraction of sp³-hybridized carbons (Fsp3) is 0. The Bertz CT molecular complexity index is 4010. The molecule has 0 radical (unpaired) electrons. The molecule has 57 heavy (non-hydrogen) atoms. The summed E-state index contributed by atoms with van der Waals surface area (Å²) in [5, 5.41) is 1.09. The van der Waals surface area contributed by atoms with Gasteiger partial charge in [-0.25, -0.2) is 15.0 Å². The molecule has 3 heterocycles. The first-order valence-corrected chi connectivity index (χ1v) is 17.7. The molecule has 0 N–H and O–H groups in total. The van der Waals surface area contributed by atoms with Crippen LogP contribution in [0.25, 0.3) is 89.2 Å². The number of para-hydroxylation sites is 1. The van der Waals surface area contributed by atoms with E-state index in [1.54, 1.807) is 24.3 Å². The zero-order valence-corrected chi connectivity index (χ0v) is 29.4. The van der Waals surface area contributed by atoms with E-state index in [0.717, 1.165) is 16.0 Å². The molecule has 6 nitrogen and oxygen atoms in total. The minimum absolute atomic E-state index is 0.0104. The molecule has 0 saturated carbocycles. The van der Waals surface area contributed by atoms with Crippen LogP contribution in [0.1, 0.15) is 20.6 Å². The summed E-state index contributed by atoms with van der Waals surface area (Å²) in [6.45, 7) is 0. The van der Waals surface area contributed by atoms with Gasteiger partial charge in [-0.2, -0.15) is 0 Å². The Morgan fingerprint density at radius 1 is 0.404 bits per heavy atom. The average molecular weight is 748 g/mol. The van der Waals surface area contributed by atoms with E-state index in [0.29, 0.717) is 39.4 Å². The minimum Gasteiger partial charge on any atom is -0.456 e. The molecule has 11 rings (SSSR count). The average Bonchev–Trinajstić information content (AvgIpc) is 3.97. The fourth-order valence-electron chi connectivity index (χ4n) is 6.83. The van der Waals surface area contributed by atoms with Gasteiger partial charge in [0.25, 0.3) is 0 Å². The number of hydrogen-bond acceptors (Lipinski definition) is 6. The van der Waals surface area contributed by atoms with E-state index in [2.05, 4.69) is 0 Å². The van der Waals surface area contributed by atoms with Crippen LogP contribution in [0.5, 0.6) is 0 Å². The summed E-state index contributed by atoms with van der Waals surface area (Å²) in [5.41, 5.74) is 0.256. The third-order valence-electron chi connectivity index (χ3n) is 9.44. The van der Waals surface area contributed by atoms with Crippen LogP contribution in [0, 0.1) is 0 Å². The van der Waals surface area contributed by atoms with E-state index in [1.807, 2.05) is 66.7 Å². The van der Waals surface area contributed by atoms with E-state index in [1.165, 1.54) is 12.1 Å². The summed E-state index contributed by atoms with van der Waals surface area (Å²) in [6, 6.07) is 20.3. The zero-order chi connectivity index (χ0) is 50.8. The van der Waals surface area contributed by atoms with Gasteiger partial charge in [0.05, 0.1) is 20.6 Å². The molecule has 0 saturated heterocycles. The highest BCUT2D eigenvalue weighted by Crippen LogP contribution is 2.43. The molecule has 0 spiro atoms. The molecule has 0 aliphatic heterocycles. The number of rotatable bonds is 7. The number of nitrogens with zero attached hydrogens (tertiary/aromatic N) is 4. The monoisotopic (exact) mass is 747 g/mol. The maximum Gasteiger partial charge on any atom is 0.164 e. The van der Waals surface area contributed by atoms with Gasteiger partial charge in [0.15, 0.2) is 17.5 Å². The highest BCUT2D eigenvalue weighted by Gasteiger charge is 2.21. The number of hydrogen-bond donors (Lipinski definition) is 0. The molecular formula is C51H32N4O2. The van der Waals surface area contributed by atoms with Crippen molar-refractivity contribution < 1.29 is 29.4 Å². The first kappa shape index (κ1) is 20.7. The van der Waals surface area contributed by atoms with Gasteiger partial charge in [-0.3, -0.25) is 0 Å². The van der Waals surface area contributed by atoms with Gasteiger partial charge >= 0.3 is 0 Å². The number of anilines is 3. The van der Waals surface area contributed by atoms with Gasteiger partial charge in [0.2, 0.25) is 0 Å². The lowest BCUT2D eigenvalue weighted by atomic mass is 10.0. The third kappa shape index (κ3) is 5.79. The van der Waals surface area contributed by atoms with Crippen molar-refractivity contribution in [3.8, 4) is 45.3 Å². The molecule has 6 heteroatoms. The van der Waals surface area contributed by atoms with Crippen LogP contribution < -0.4 is 4.90 Å². The Balaban J connectivity index is 1.17. The SMILES string of the molecule is [2H]c1cc2c(oc3c([2H])c([2H])c([2H])c([2H])c32)c([2H])c1N(c1ccc2c(c1)oc1cccc(-c3nc(-c4ccccc4)nc(-c4ccccc4)n3)c12)c1c([2H])c([2H])c(-c2c([2H])c([2H])c([2H])c([2H])c2[2H])c([2H])c1[2H]. The molecule has 0 amide bonds. The zero-order valence-electron chi connectivity index (χ0n) is 44.4. The van der Waals surface area contributed by atoms with Crippen molar-refractivity contribution in [1.29, 1.82) is 0 Å². The van der Waals surface area contributed by atoms with Crippen LogP contribution in [0.4, 0.5) is 17.1 Å². The van der Waals surface area contributed by atoms with E-state index in [-0.39, 0.29) is 38.9 Å². The van der Waals surface area contributed by atoms with Crippen LogP contribution in [0.2, 0.25) is 0 Å². The Morgan fingerprint density at radius 3 is 1.82 bits per heavy atom. The lowest BCUT2D eigenvalue weighted by Crippen LogP contribution is -2.09. The molecule has 0 aliphatic carbocycles. The number of fused-ring (bicyclic) bond motifs is 6. The van der Waals surface area contributed by atoms with Crippen molar-refractivity contribution in [3.63, 3.8) is 0 Å². The van der Waals surface area contributed by atoms with Crippen molar-refractivity contribution in [3.05, 3.63) is 194 Å². The molecule has 0 bridgehead atoms. The highest BCUT2D eigenvalue weighted by molar-refractivity contribution is 6.13. The van der Waals surface area contributed by atoms with Crippen LogP contribution in [0.15, 0.2) is 203 Å². The summed E-state index contributed by atoms with van der Waals surface area (Å²) < 4.78 is 145. The predicted octanol–water partition coefficient (Wildman–Crippen LogP) is 13.8. The third-order valence-corrected chi connectivity index (χ3v) is 9.44. The standard InChI is InChI=1S/C51H32N4O2/c1-4-13-33(14-5-1)34-23-25-37(26-24-34)55(38-27-29-41-40-19-10-11-21-44(40)56-46(41)31-38)39-28-30-42-47(32-39)57-45-22-12-20-43(48(42)45)51-53-49(35-15-6-2-7-16-35)52-50(54-51)36-17-8-3-9-18-36/h1-32H/i1D,4D,5D,10D,11D,13D,14D,19D,21D,23D,24D,25D,26D,27D,31D. The van der Waals surface area contributed by atoms with Crippen LogP contribution in [0.3, 0.4) is 0 Å². The Labute approximate surface area is 349 Å². The second kappa shape index (κ2) is 13.5. The van der Waals surface area contributed by atoms with Crippen molar-refractivity contribution in [2.45, 2.75) is 0 Å². The molecule has 3 aromatic heterocycles. The Hall–Kier alpha value is -7.83. The van der Waals surface area contributed by atoms with E-state index >= 15 is 0 Å². The van der Waals surface area contributed by atoms with Gasteiger partial charge in [0.1, 0.15) is 22.3 Å². The first-order valence-electron chi connectivity index (χ1n) is 25.2. The van der Waals surface area contributed by atoms with E-state index in [4.69, 9.17) is 36.1 Å². The smallest absolute Gasteiger partial charge is 0.164 e. The number of aromatic nitrogens is 3. The van der Waals surface area contributed by atoms with Crippen LogP contribution >= 0.6 is 0 Å². The summed E-state index contributed by atoms with van der Waals surface area (Å²) in [6.07, 6.45) is 0. The van der Waals surface area contributed by atoms with Gasteiger partial charge in [-0.05, 0) is 59.6 Å². The molecule has 0 unspecified atom stereocenters. The molecule has 0 fully saturated rings. The largest absolute Gasteiger partial charge is 0.456 e. The topological polar surface area (TPSA) is 68.2 Å². The quantitative estimate of drug-likeness (QED) is 0.162. The van der Waals surface area contributed by atoms with Gasteiger partial charge in [0, 0.05) is 67.4 Å². The van der Waals surface area contributed by atoms with Crippen LogP contribution in [-0.2, 0) is 0 Å². The molecule has 11 aromatic rings. The Morgan fingerprint density at radius 2 is 1.07 bits per heavy atom. The maximum absolute atomic E-state index is 9.63. The lowest BCUT2D eigenvalue weighted by molar-refractivity contribution is 0.669. The van der Waals surface area contributed by atoms with E-state index < -0.39 is 107 Å². The first-order chi connectivity index (χ1) is 34.5. The maximum atomic E-state index is 9.63. The summed E-state index contributed by atoms with van der Waals surface area (Å²) in [5.74, 6) is 1.19. The minimum atomic E-state index is -0.794. The summed E-state index contributed by atoms with van der Waals surface area (Å²) >= 11 is 0. The molecule has 0 aliphatic rings.